The lowest BCUT2D eigenvalue weighted by atomic mass is 10.1. The highest BCUT2D eigenvalue weighted by Gasteiger charge is 2.17. The largest absolute Gasteiger partial charge is 0.377 e. The Morgan fingerprint density at radius 2 is 1.91 bits per heavy atom. The van der Waals surface area contributed by atoms with E-state index >= 15 is 0 Å². The van der Waals surface area contributed by atoms with Crippen LogP contribution in [0.25, 0.3) is 0 Å². The van der Waals surface area contributed by atoms with Crippen molar-refractivity contribution in [2.24, 2.45) is 0 Å². The van der Waals surface area contributed by atoms with Gasteiger partial charge in [0.25, 0.3) is 0 Å². The summed E-state index contributed by atoms with van der Waals surface area (Å²) in [7, 11) is 0. The number of rotatable bonds is 5. The summed E-state index contributed by atoms with van der Waals surface area (Å²) < 4.78 is 2.19. The van der Waals surface area contributed by atoms with Crippen molar-refractivity contribution in [3.8, 4) is 0 Å². The standard InChI is InChI=1S/C18H23ClN2O/c1-11(2)21-13(4)8-16(14(21)5)18(22)10-20-17-9-15(19)7-6-12(17)3/h6-9,11,20H,10H2,1-5H3. The molecule has 22 heavy (non-hydrogen) atoms. The summed E-state index contributed by atoms with van der Waals surface area (Å²) in [5.74, 6) is 0.0966. The number of ketones is 1. The molecule has 0 bridgehead atoms. The van der Waals surface area contributed by atoms with Gasteiger partial charge < -0.3 is 9.88 Å². The van der Waals surface area contributed by atoms with Gasteiger partial charge >= 0.3 is 0 Å². The number of aryl methyl sites for hydroxylation is 2. The Labute approximate surface area is 137 Å². The van der Waals surface area contributed by atoms with Gasteiger partial charge in [0.1, 0.15) is 0 Å². The minimum absolute atomic E-state index is 0.0966. The topological polar surface area (TPSA) is 34.0 Å². The van der Waals surface area contributed by atoms with Gasteiger partial charge in [-0.15, -0.1) is 0 Å². The zero-order valence-corrected chi connectivity index (χ0v) is 14.6. The van der Waals surface area contributed by atoms with Gasteiger partial charge in [0.2, 0.25) is 0 Å². The van der Waals surface area contributed by atoms with Gasteiger partial charge in [-0.3, -0.25) is 4.79 Å². The Hall–Kier alpha value is -1.74. The van der Waals surface area contributed by atoms with E-state index in [1.54, 1.807) is 0 Å². The fourth-order valence-corrected chi connectivity index (χ4v) is 3.08. The maximum absolute atomic E-state index is 12.5. The van der Waals surface area contributed by atoms with E-state index < -0.39 is 0 Å². The first-order chi connectivity index (χ1) is 10.3. The third-order valence-electron chi connectivity index (χ3n) is 3.94. The molecule has 0 radical (unpaired) electrons. The molecule has 0 aliphatic heterocycles. The van der Waals surface area contributed by atoms with Gasteiger partial charge in [-0.2, -0.15) is 0 Å². The molecule has 1 aromatic heterocycles. The molecule has 0 aliphatic carbocycles. The van der Waals surface area contributed by atoms with E-state index in [-0.39, 0.29) is 12.3 Å². The average molecular weight is 319 g/mol. The quantitative estimate of drug-likeness (QED) is 0.792. The van der Waals surface area contributed by atoms with Crippen LogP contribution in [-0.4, -0.2) is 16.9 Å². The number of hydrogen-bond donors (Lipinski definition) is 1. The molecule has 0 spiro atoms. The highest BCUT2D eigenvalue weighted by Crippen LogP contribution is 2.22. The Morgan fingerprint density at radius 3 is 2.50 bits per heavy atom. The number of carbonyl (C=O) groups excluding carboxylic acids is 1. The van der Waals surface area contributed by atoms with Gasteiger partial charge in [0.15, 0.2) is 5.78 Å². The molecule has 118 valence electrons. The van der Waals surface area contributed by atoms with Crippen molar-refractivity contribution < 1.29 is 4.79 Å². The van der Waals surface area contributed by atoms with Crippen LogP contribution in [0.2, 0.25) is 5.02 Å². The zero-order chi connectivity index (χ0) is 16.4. The van der Waals surface area contributed by atoms with E-state index in [9.17, 15) is 4.79 Å². The predicted molar refractivity (Wildman–Crippen MR) is 93.3 cm³/mol. The third kappa shape index (κ3) is 3.36. The van der Waals surface area contributed by atoms with Crippen LogP contribution < -0.4 is 5.32 Å². The van der Waals surface area contributed by atoms with E-state index in [2.05, 4.69) is 23.7 Å². The summed E-state index contributed by atoms with van der Waals surface area (Å²) in [5.41, 5.74) is 4.92. The molecule has 1 aromatic carbocycles. The second kappa shape index (κ2) is 6.57. The van der Waals surface area contributed by atoms with Crippen LogP contribution in [0.1, 0.15) is 47.2 Å². The van der Waals surface area contributed by atoms with Crippen molar-refractivity contribution in [3.63, 3.8) is 0 Å². The highest BCUT2D eigenvalue weighted by atomic mass is 35.5. The Balaban J connectivity index is 2.16. The number of halogens is 1. The van der Waals surface area contributed by atoms with Gasteiger partial charge in [0, 0.05) is 33.7 Å². The lowest BCUT2D eigenvalue weighted by molar-refractivity contribution is 0.101. The van der Waals surface area contributed by atoms with Gasteiger partial charge in [-0.1, -0.05) is 17.7 Å². The molecule has 0 amide bonds. The molecule has 0 unspecified atom stereocenters. The SMILES string of the molecule is Cc1ccc(Cl)cc1NCC(=O)c1cc(C)n(C(C)C)c1C. The summed E-state index contributed by atoms with van der Waals surface area (Å²) in [5, 5.41) is 3.86. The fraction of sp³-hybridized carbons (Fsp3) is 0.389. The number of nitrogens with one attached hydrogen (secondary N) is 1. The smallest absolute Gasteiger partial charge is 0.183 e. The van der Waals surface area contributed by atoms with Gasteiger partial charge in [-0.25, -0.2) is 0 Å². The Bertz CT molecular complexity index is 701. The van der Waals surface area contributed by atoms with Crippen LogP contribution in [-0.2, 0) is 0 Å². The van der Waals surface area contributed by atoms with Crippen LogP contribution in [0.15, 0.2) is 24.3 Å². The minimum atomic E-state index is 0.0966. The number of Topliss-reactive ketones (excluding diaryl/α,β-unsaturated/α-hetero) is 1. The molecule has 1 heterocycles. The first-order valence-corrected chi connectivity index (χ1v) is 7.90. The predicted octanol–water partition coefficient (Wildman–Crippen LogP) is 4.94. The molecular weight excluding hydrogens is 296 g/mol. The van der Waals surface area contributed by atoms with E-state index in [1.807, 2.05) is 45.0 Å². The number of benzene rings is 1. The summed E-state index contributed by atoms with van der Waals surface area (Å²) in [6.07, 6.45) is 0. The first kappa shape index (κ1) is 16.6. The normalized spacial score (nSPS) is 11.0. The number of carbonyl (C=O) groups is 1. The maximum Gasteiger partial charge on any atom is 0.183 e. The lowest BCUT2D eigenvalue weighted by Gasteiger charge is -2.14. The van der Waals surface area contributed by atoms with Crippen molar-refractivity contribution in [2.75, 3.05) is 11.9 Å². The van der Waals surface area contributed by atoms with Crippen molar-refractivity contribution in [1.29, 1.82) is 0 Å². The van der Waals surface area contributed by atoms with Crippen LogP contribution in [0.5, 0.6) is 0 Å². The van der Waals surface area contributed by atoms with E-state index in [4.69, 9.17) is 11.6 Å². The first-order valence-electron chi connectivity index (χ1n) is 7.53. The number of nitrogens with zero attached hydrogens (tertiary/aromatic N) is 1. The van der Waals surface area contributed by atoms with Crippen LogP contribution in [0.4, 0.5) is 5.69 Å². The van der Waals surface area contributed by atoms with Crippen LogP contribution >= 0.6 is 11.6 Å². The second-order valence-electron chi connectivity index (χ2n) is 5.98. The lowest BCUT2D eigenvalue weighted by Crippen LogP contribution is -2.16. The average Bonchev–Trinajstić information content (AvgIpc) is 2.74. The zero-order valence-electron chi connectivity index (χ0n) is 13.8. The van der Waals surface area contributed by atoms with Crippen molar-refractivity contribution in [1.82, 2.24) is 4.57 Å². The molecule has 0 atom stereocenters. The van der Waals surface area contributed by atoms with Crippen LogP contribution in [0, 0.1) is 20.8 Å². The van der Waals surface area contributed by atoms with Gasteiger partial charge in [0.05, 0.1) is 6.54 Å². The monoisotopic (exact) mass is 318 g/mol. The summed E-state index contributed by atoms with van der Waals surface area (Å²) in [4.78, 5) is 12.5. The van der Waals surface area contributed by atoms with E-state index in [0.29, 0.717) is 11.1 Å². The highest BCUT2D eigenvalue weighted by molar-refractivity contribution is 6.30. The Kier molecular flexibility index (Phi) is 4.97. The molecule has 1 N–H and O–H groups in total. The summed E-state index contributed by atoms with van der Waals surface area (Å²) >= 11 is 6.01. The summed E-state index contributed by atoms with van der Waals surface area (Å²) in [6, 6.07) is 7.97. The maximum atomic E-state index is 12.5. The molecule has 3 nitrogen and oxygen atoms in total. The molecule has 0 saturated heterocycles. The molecule has 2 aromatic rings. The molecule has 4 heteroatoms. The fourth-order valence-electron chi connectivity index (χ4n) is 2.91. The molecular formula is C18H23ClN2O. The van der Waals surface area contributed by atoms with Crippen LogP contribution in [0.3, 0.4) is 0 Å². The van der Waals surface area contributed by atoms with Crippen molar-refractivity contribution in [3.05, 3.63) is 51.8 Å². The Morgan fingerprint density at radius 1 is 1.23 bits per heavy atom. The van der Waals surface area contributed by atoms with E-state index in [0.717, 1.165) is 28.2 Å². The summed E-state index contributed by atoms with van der Waals surface area (Å²) in [6.45, 7) is 10.6. The molecule has 2 rings (SSSR count). The minimum Gasteiger partial charge on any atom is -0.377 e. The van der Waals surface area contributed by atoms with Crippen molar-refractivity contribution >= 4 is 23.1 Å². The second-order valence-corrected chi connectivity index (χ2v) is 6.42. The van der Waals surface area contributed by atoms with E-state index in [1.165, 1.54) is 0 Å². The number of anilines is 1. The number of aromatic nitrogens is 1. The molecule has 0 fully saturated rings. The van der Waals surface area contributed by atoms with Gasteiger partial charge in [-0.05, 0) is 58.4 Å². The van der Waals surface area contributed by atoms with Crippen molar-refractivity contribution in [2.45, 2.75) is 40.7 Å². The number of hydrogen-bond acceptors (Lipinski definition) is 2. The molecule has 0 saturated carbocycles. The third-order valence-corrected chi connectivity index (χ3v) is 4.18. The molecule has 0 aliphatic rings.